The summed E-state index contributed by atoms with van der Waals surface area (Å²) in [5, 5.41) is 5.72. The van der Waals surface area contributed by atoms with Gasteiger partial charge in [-0.2, -0.15) is 0 Å². The normalized spacial score (nSPS) is 19.9. The molecule has 0 radical (unpaired) electrons. The first-order valence-electron chi connectivity index (χ1n) is 6.63. The van der Waals surface area contributed by atoms with Crippen LogP contribution in [0.5, 0.6) is 0 Å². The van der Waals surface area contributed by atoms with Gasteiger partial charge in [0.25, 0.3) is 0 Å². The van der Waals surface area contributed by atoms with E-state index in [1.807, 2.05) is 12.3 Å². The summed E-state index contributed by atoms with van der Waals surface area (Å²) in [6, 6.07) is -0.411. The maximum atomic E-state index is 11.9. The van der Waals surface area contributed by atoms with Gasteiger partial charge < -0.3 is 10.2 Å². The van der Waals surface area contributed by atoms with Gasteiger partial charge in [-0.05, 0) is 6.92 Å². The molecule has 1 aromatic heterocycles. The Labute approximate surface area is 122 Å². The highest BCUT2D eigenvalue weighted by Gasteiger charge is 2.33. The van der Waals surface area contributed by atoms with E-state index in [1.165, 1.54) is 6.92 Å². The van der Waals surface area contributed by atoms with Gasteiger partial charge in [-0.25, -0.2) is 4.98 Å². The van der Waals surface area contributed by atoms with Gasteiger partial charge in [0.1, 0.15) is 6.04 Å². The third kappa shape index (κ3) is 3.34. The van der Waals surface area contributed by atoms with Crippen LogP contribution in [-0.4, -0.2) is 59.3 Å². The van der Waals surface area contributed by atoms with Crippen molar-refractivity contribution in [3.8, 4) is 0 Å². The van der Waals surface area contributed by atoms with E-state index in [0.717, 1.165) is 23.8 Å². The molecule has 0 aliphatic carbocycles. The Hall–Kier alpha value is -1.47. The topological polar surface area (TPSA) is 65.5 Å². The summed E-state index contributed by atoms with van der Waals surface area (Å²) in [6.45, 7) is 6.12. The fourth-order valence-corrected chi connectivity index (χ4v) is 3.06. The van der Waals surface area contributed by atoms with Crippen LogP contribution in [0.2, 0.25) is 0 Å². The smallest absolute Gasteiger partial charge is 0.243 e. The number of hydrogen-bond acceptors (Lipinski definition) is 5. The van der Waals surface area contributed by atoms with E-state index in [1.54, 1.807) is 23.3 Å². The van der Waals surface area contributed by atoms with Crippen molar-refractivity contribution in [1.29, 1.82) is 0 Å². The number of thiazole rings is 1. The Morgan fingerprint density at radius 1 is 1.50 bits per heavy atom. The highest BCUT2D eigenvalue weighted by atomic mass is 32.1. The maximum Gasteiger partial charge on any atom is 0.243 e. The third-order valence-corrected chi connectivity index (χ3v) is 4.29. The number of aromatic nitrogens is 1. The molecule has 0 unspecified atom stereocenters. The predicted octanol–water partition coefficient (Wildman–Crippen LogP) is 0.230. The highest BCUT2D eigenvalue weighted by molar-refractivity contribution is 7.09. The van der Waals surface area contributed by atoms with Crippen LogP contribution >= 0.6 is 11.3 Å². The van der Waals surface area contributed by atoms with E-state index < -0.39 is 6.04 Å². The number of amides is 2. The number of hydrogen-bond donors (Lipinski definition) is 1. The molecular formula is C13H20N4O2S. The van der Waals surface area contributed by atoms with Crippen molar-refractivity contribution in [3.63, 3.8) is 0 Å². The van der Waals surface area contributed by atoms with Gasteiger partial charge in [0.05, 0.1) is 10.7 Å². The lowest BCUT2D eigenvalue weighted by Gasteiger charge is -2.39. The van der Waals surface area contributed by atoms with E-state index in [-0.39, 0.29) is 11.8 Å². The third-order valence-electron chi connectivity index (χ3n) is 3.47. The summed E-state index contributed by atoms with van der Waals surface area (Å²) >= 11 is 1.63. The number of nitrogens with one attached hydrogen (secondary N) is 1. The van der Waals surface area contributed by atoms with E-state index in [2.05, 4.69) is 15.2 Å². The zero-order chi connectivity index (χ0) is 14.7. The van der Waals surface area contributed by atoms with E-state index in [0.29, 0.717) is 13.1 Å². The zero-order valence-electron chi connectivity index (χ0n) is 12.0. The Kier molecular flexibility index (Phi) is 4.72. The summed E-state index contributed by atoms with van der Waals surface area (Å²) in [5.41, 5.74) is 1.03. The van der Waals surface area contributed by atoms with E-state index in [9.17, 15) is 9.59 Å². The second-order valence-electron chi connectivity index (χ2n) is 4.94. The standard InChI is InChI=1S/C13H20N4O2S/c1-9-15-11(8-20-9)6-16-4-5-17(10(2)18)12(7-16)13(19)14-3/h8,12H,4-7H2,1-3H3,(H,14,19)/t12-/m0/s1. The van der Waals surface area contributed by atoms with Gasteiger partial charge in [-0.15, -0.1) is 11.3 Å². The molecule has 0 bridgehead atoms. The number of carbonyl (C=O) groups is 2. The molecule has 0 aromatic carbocycles. The van der Waals surface area contributed by atoms with Gasteiger partial charge in [-0.1, -0.05) is 0 Å². The molecule has 6 nitrogen and oxygen atoms in total. The quantitative estimate of drug-likeness (QED) is 0.867. The monoisotopic (exact) mass is 296 g/mol. The van der Waals surface area contributed by atoms with Crippen LogP contribution < -0.4 is 5.32 Å². The summed E-state index contributed by atoms with van der Waals surface area (Å²) in [7, 11) is 1.60. The lowest BCUT2D eigenvalue weighted by Crippen LogP contribution is -2.59. The van der Waals surface area contributed by atoms with Crippen LogP contribution in [-0.2, 0) is 16.1 Å². The number of likely N-dealkylation sites (N-methyl/N-ethyl adjacent to an activating group) is 1. The van der Waals surface area contributed by atoms with Crippen LogP contribution in [0.15, 0.2) is 5.38 Å². The zero-order valence-corrected chi connectivity index (χ0v) is 12.9. The second-order valence-corrected chi connectivity index (χ2v) is 6.00. The largest absolute Gasteiger partial charge is 0.357 e. The van der Waals surface area contributed by atoms with Gasteiger partial charge >= 0.3 is 0 Å². The number of nitrogens with zero attached hydrogens (tertiary/aromatic N) is 3. The number of piperazine rings is 1. The van der Waals surface area contributed by atoms with Crippen molar-refractivity contribution in [3.05, 3.63) is 16.1 Å². The van der Waals surface area contributed by atoms with Gasteiger partial charge in [0.15, 0.2) is 0 Å². The minimum Gasteiger partial charge on any atom is -0.357 e. The average molecular weight is 296 g/mol. The van der Waals surface area contributed by atoms with Crippen LogP contribution in [0.3, 0.4) is 0 Å². The highest BCUT2D eigenvalue weighted by Crippen LogP contribution is 2.15. The van der Waals surface area contributed by atoms with Crippen molar-refractivity contribution in [2.24, 2.45) is 0 Å². The Morgan fingerprint density at radius 2 is 2.25 bits per heavy atom. The van der Waals surface area contributed by atoms with Crippen LogP contribution in [0, 0.1) is 6.92 Å². The maximum absolute atomic E-state index is 11.9. The number of carbonyl (C=O) groups excluding carboxylic acids is 2. The Morgan fingerprint density at radius 3 is 2.80 bits per heavy atom. The van der Waals surface area contributed by atoms with Crippen LogP contribution in [0.1, 0.15) is 17.6 Å². The van der Waals surface area contributed by atoms with Gasteiger partial charge in [-0.3, -0.25) is 14.5 Å². The number of rotatable bonds is 3. The minimum absolute atomic E-state index is 0.0530. The van der Waals surface area contributed by atoms with Crippen molar-refractivity contribution in [2.45, 2.75) is 26.4 Å². The lowest BCUT2D eigenvalue weighted by atomic mass is 10.1. The summed E-state index contributed by atoms with van der Waals surface area (Å²) in [4.78, 5) is 31.8. The molecule has 0 spiro atoms. The van der Waals surface area contributed by atoms with Crippen molar-refractivity contribution in [1.82, 2.24) is 20.1 Å². The molecule has 0 saturated carbocycles. The molecule has 110 valence electrons. The molecule has 2 rings (SSSR count). The van der Waals surface area contributed by atoms with Crippen molar-refractivity contribution >= 4 is 23.2 Å². The van der Waals surface area contributed by atoms with E-state index in [4.69, 9.17) is 0 Å². The molecule has 1 N–H and O–H groups in total. The average Bonchev–Trinajstić information content (AvgIpc) is 2.82. The molecule has 1 atom stereocenters. The fourth-order valence-electron chi connectivity index (χ4n) is 2.46. The number of aryl methyl sites for hydroxylation is 1. The molecule has 1 saturated heterocycles. The first-order valence-corrected chi connectivity index (χ1v) is 7.51. The van der Waals surface area contributed by atoms with Crippen LogP contribution in [0.4, 0.5) is 0 Å². The molecule has 20 heavy (non-hydrogen) atoms. The van der Waals surface area contributed by atoms with Crippen LogP contribution in [0.25, 0.3) is 0 Å². The fraction of sp³-hybridized carbons (Fsp3) is 0.615. The molecule has 7 heteroatoms. The summed E-state index contributed by atoms with van der Waals surface area (Å²) < 4.78 is 0. The first kappa shape index (κ1) is 14.9. The predicted molar refractivity (Wildman–Crippen MR) is 77.4 cm³/mol. The molecule has 2 amide bonds. The lowest BCUT2D eigenvalue weighted by molar-refractivity contribution is -0.142. The van der Waals surface area contributed by atoms with Crippen molar-refractivity contribution < 1.29 is 9.59 Å². The molecule has 1 aliphatic heterocycles. The SMILES string of the molecule is CNC(=O)[C@@H]1CN(Cc2csc(C)n2)CCN1C(C)=O. The summed E-state index contributed by atoms with van der Waals surface area (Å²) in [6.07, 6.45) is 0. The Balaban J connectivity index is 2.04. The minimum atomic E-state index is -0.411. The molecule has 1 aromatic rings. The van der Waals surface area contributed by atoms with Gasteiger partial charge in [0, 0.05) is 45.5 Å². The molecular weight excluding hydrogens is 276 g/mol. The van der Waals surface area contributed by atoms with E-state index >= 15 is 0 Å². The second kappa shape index (κ2) is 6.32. The Bertz CT molecular complexity index is 502. The molecule has 2 heterocycles. The van der Waals surface area contributed by atoms with Gasteiger partial charge in [0.2, 0.25) is 11.8 Å². The van der Waals surface area contributed by atoms with Crippen molar-refractivity contribution in [2.75, 3.05) is 26.7 Å². The summed E-state index contributed by atoms with van der Waals surface area (Å²) in [5.74, 6) is -0.165. The molecule has 1 aliphatic rings. The first-order chi connectivity index (χ1) is 9.51. The molecule has 1 fully saturated rings.